The molecule has 0 aliphatic carbocycles. The second kappa shape index (κ2) is 7.19. The first-order valence-corrected chi connectivity index (χ1v) is 5.99. The van der Waals surface area contributed by atoms with Crippen LogP contribution in [0.4, 0.5) is 5.13 Å². The van der Waals surface area contributed by atoms with Gasteiger partial charge in [0.05, 0.1) is 12.1 Å². The van der Waals surface area contributed by atoms with Gasteiger partial charge >= 0.3 is 5.97 Å². The lowest BCUT2D eigenvalue weighted by Crippen LogP contribution is -2.04. The lowest BCUT2D eigenvalue weighted by molar-refractivity contribution is -0.136. The van der Waals surface area contributed by atoms with E-state index < -0.39 is 5.97 Å². The SMILES string of the molecule is COCCCNc1nc(CCC(=O)O)cs1. The van der Waals surface area contributed by atoms with Crippen molar-refractivity contribution < 1.29 is 14.6 Å². The minimum atomic E-state index is -0.789. The van der Waals surface area contributed by atoms with Gasteiger partial charge in [0, 0.05) is 32.1 Å². The molecule has 0 aromatic carbocycles. The number of methoxy groups -OCH3 is 1. The monoisotopic (exact) mass is 244 g/mol. The summed E-state index contributed by atoms with van der Waals surface area (Å²) < 4.78 is 4.93. The van der Waals surface area contributed by atoms with E-state index >= 15 is 0 Å². The summed E-state index contributed by atoms with van der Waals surface area (Å²) in [4.78, 5) is 14.7. The summed E-state index contributed by atoms with van der Waals surface area (Å²) in [7, 11) is 1.67. The molecular weight excluding hydrogens is 228 g/mol. The third kappa shape index (κ3) is 5.09. The van der Waals surface area contributed by atoms with Gasteiger partial charge in [-0.15, -0.1) is 11.3 Å². The van der Waals surface area contributed by atoms with Crippen molar-refractivity contribution in [3.8, 4) is 0 Å². The molecule has 2 N–H and O–H groups in total. The number of nitrogens with one attached hydrogen (secondary N) is 1. The Kier molecular flexibility index (Phi) is 5.81. The standard InChI is InChI=1S/C10H16N2O3S/c1-15-6-2-5-11-10-12-8(7-16-10)3-4-9(13)14/h7H,2-6H2,1H3,(H,11,12)(H,13,14). The highest BCUT2D eigenvalue weighted by Gasteiger charge is 2.03. The Bertz CT molecular complexity index is 328. The van der Waals surface area contributed by atoms with Gasteiger partial charge in [0.1, 0.15) is 0 Å². The van der Waals surface area contributed by atoms with Crippen LogP contribution in [-0.4, -0.2) is 36.3 Å². The number of carbonyl (C=O) groups is 1. The fraction of sp³-hybridized carbons (Fsp3) is 0.600. The van der Waals surface area contributed by atoms with Crippen molar-refractivity contribution in [3.05, 3.63) is 11.1 Å². The number of thiazole rings is 1. The van der Waals surface area contributed by atoms with Crippen molar-refractivity contribution >= 4 is 22.4 Å². The van der Waals surface area contributed by atoms with Crippen LogP contribution in [0.5, 0.6) is 0 Å². The van der Waals surface area contributed by atoms with E-state index in [1.54, 1.807) is 7.11 Å². The van der Waals surface area contributed by atoms with Gasteiger partial charge in [-0.1, -0.05) is 0 Å². The number of rotatable bonds is 8. The van der Waals surface area contributed by atoms with Crippen LogP contribution in [0, 0.1) is 0 Å². The van der Waals surface area contributed by atoms with Crippen molar-refractivity contribution in [1.82, 2.24) is 4.98 Å². The molecule has 0 spiro atoms. The first-order valence-electron chi connectivity index (χ1n) is 5.11. The zero-order chi connectivity index (χ0) is 11.8. The van der Waals surface area contributed by atoms with Gasteiger partial charge in [-0.2, -0.15) is 0 Å². The summed E-state index contributed by atoms with van der Waals surface area (Å²) in [5.41, 5.74) is 0.835. The highest BCUT2D eigenvalue weighted by Crippen LogP contribution is 2.16. The number of nitrogens with zero attached hydrogens (tertiary/aromatic N) is 1. The molecule has 90 valence electrons. The van der Waals surface area contributed by atoms with E-state index in [2.05, 4.69) is 10.3 Å². The Morgan fingerprint density at radius 2 is 2.50 bits per heavy atom. The van der Waals surface area contributed by atoms with Gasteiger partial charge in [-0.05, 0) is 6.42 Å². The molecule has 1 rings (SSSR count). The molecule has 1 heterocycles. The van der Waals surface area contributed by atoms with Crippen molar-refractivity contribution in [2.45, 2.75) is 19.3 Å². The number of carboxylic acid groups (broad SMARTS) is 1. The van der Waals surface area contributed by atoms with Gasteiger partial charge in [-0.3, -0.25) is 4.79 Å². The predicted molar refractivity (Wildman–Crippen MR) is 63.1 cm³/mol. The molecule has 1 aromatic rings. The molecule has 0 radical (unpaired) electrons. The van der Waals surface area contributed by atoms with E-state index in [4.69, 9.17) is 9.84 Å². The number of aromatic nitrogens is 1. The Morgan fingerprint density at radius 3 is 3.19 bits per heavy atom. The van der Waals surface area contributed by atoms with Crippen molar-refractivity contribution in [3.63, 3.8) is 0 Å². The predicted octanol–water partition coefficient (Wildman–Crippen LogP) is 1.61. The lowest BCUT2D eigenvalue weighted by atomic mass is 10.2. The number of hydrogen-bond donors (Lipinski definition) is 2. The van der Waals surface area contributed by atoms with Gasteiger partial charge in [0.15, 0.2) is 5.13 Å². The van der Waals surface area contributed by atoms with Crippen LogP contribution in [-0.2, 0) is 16.0 Å². The number of carboxylic acids is 1. The maximum atomic E-state index is 10.4. The van der Waals surface area contributed by atoms with Crippen LogP contribution < -0.4 is 5.32 Å². The Hall–Kier alpha value is -1.14. The topological polar surface area (TPSA) is 71.5 Å². The fourth-order valence-corrected chi connectivity index (χ4v) is 1.92. The van der Waals surface area contributed by atoms with Crippen LogP contribution in [0.15, 0.2) is 5.38 Å². The largest absolute Gasteiger partial charge is 0.481 e. The van der Waals surface area contributed by atoms with E-state index in [0.717, 1.165) is 30.4 Å². The average molecular weight is 244 g/mol. The quantitative estimate of drug-likeness (QED) is 0.680. The maximum Gasteiger partial charge on any atom is 0.303 e. The number of hydrogen-bond acceptors (Lipinski definition) is 5. The summed E-state index contributed by atoms with van der Waals surface area (Å²) in [6, 6.07) is 0. The number of ether oxygens (including phenoxy) is 1. The van der Waals surface area contributed by atoms with E-state index in [1.165, 1.54) is 11.3 Å². The van der Waals surface area contributed by atoms with E-state index in [9.17, 15) is 4.79 Å². The summed E-state index contributed by atoms with van der Waals surface area (Å²) in [5.74, 6) is -0.789. The van der Waals surface area contributed by atoms with Crippen molar-refractivity contribution in [1.29, 1.82) is 0 Å². The summed E-state index contributed by atoms with van der Waals surface area (Å²) in [5, 5.41) is 14.4. The Morgan fingerprint density at radius 1 is 1.69 bits per heavy atom. The molecular formula is C10H16N2O3S. The second-order valence-corrected chi connectivity index (χ2v) is 4.17. The highest BCUT2D eigenvalue weighted by atomic mass is 32.1. The molecule has 1 aromatic heterocycles. The Balaban J connectivity index is 2.25. The average Bonchev–Trinajstić information content (AvgIpc) is 2.70. The zero-order valence-electron chi connectivity index (χ0n) is 9.23. The van der Waals surface area contributed by atoms with Gasteiger partial charge in [-0.25, -0.2) is 4.98 Å². The minimum Gasteiger partial charge on any atom is -0.481 e. The second-order valence-electron chi connectivity index (χ2n) is 3.31. The van der Waals surface area contributed by atoms with Crippen molar-refractivity contribution in [2.24, 2.45) is 0 Å². The molecule has 6 heteroatoms. The third-order valence-electron chi connectivity index (χ3n) is 1.95. The van der Waals surface area contributed by atoms with Crippen LogP contribution in [0.3, 0.4) is 0 Å². The molecule has 5 nitrogen and oxygen atoms in total. The summed E-state index contributed by atoms with van der Waals surface area (Å²) >= 11 is 1.50. The Labute approximate surface area is 98.5 Å². The molecule has 0 unspecified atom stereocenters. The van der Waals surface area contributed by atoms with E-state index in [0.29, 0.717) is 6.42 Å². The summed E-state index contributed by atoms with van der Waals surface area (Å²) in [6.07, 6.45) is 1.55. The van der Waals surface area contributed by atoms with Crippen LogP contribution in [0.2, 0.25) is 0 Å². The van der Waals surface area contributed by atoms with E-state index in [1.807, 2.05) is 5.38 Å². The molecule has 0 saturated carbocycles. The first-order chi connectivity index (χ1) is 7.72. The zero-order valence-corrected chi connectivity index (χ0v) is 10.0. The molecule has 0 fully saturated rings. The van der Waals surface area contributed by atoms with Crippen LogP contribution in [0.1, 0.15) is 18.5 Å². The molecule has 0 saturated heterocycles. The van der Waals surface area contributed by atoms with Crippen molar-refractivity contribution in [2.75, 3.05) is 25.6 Å². The maximum absolute atomic E-state index is 10.4. The molecule has 0 aliphatic rings. The fourth-order valence-electron chi connectivity index (χ4n) is 1.15. The van der Waals surface area contributed by atoms with Crippen LogP contribution in [0.25, 0.3) is 0 Å². The molecule has 16 heavy (non-hydrogen) atoms. The molecule has 0 aliphatic heterocycles. The first kappa shape index (κ1) is 12.9. The highest BCUT2D eigenvalue weighted by molar-refractivity contribution is 7.13. The molecule has 0 bridgehead atoms. The number of aliphatic carboxylic acids is 1. The van der Waals surface area contributed by atoms with E-state index in [-0.39, 0.29) is 6.42 Å². The lowest BCUT2D eigenvalue weighted by Gasteiger charge is -2.00. The molecule has 0 amide bonds. The normalized spacial score (nSPS) is 10.3. The summed E-state index contributed by atoms with van der Waals surface area (Å²) in [6.45, 7) is 1.55. The minimum absolute atomic E-state index is 0.132. The molecule has 0 atom stereocenters. The third-order valence-corrected chi connectivity index (χ3v) is 2.80. The van der Waals surface area contributed by atoms with Crippen LogP contribution >= 0.6 is 11.3 Å². The number of anilines is 1. The smallest absolute Gasteiger partial charge is 0.303 e. The van der Waals surface area contributed by atoms with Gasteiger partial charge < -0.3 is 15.2 Å². The van der Waals surface area contributed by atoms with Gasteiger partial charge in [0.2, 0.25) is 0 Å². The van der Waals surface area contributed by atoms with Gasteiger partial charge in [0.25, 0.3) is 0 Å². The number of aryl methyl sites for hydroxylation is 1.